The van der Waals surface area contributed by atoms with Crippen molar-refractivity contribution in [2.45, 2.75) is 96.6 Å². The number of carbonyl (C=O) groups excluding carboxylic acids is 1. The van der Waals surface area contributed by atoms with Gasteiger partial charge in [0.05, 0.1) is 6.04 Å². The van der Waals surface area contributed by atoms with E-state index in [1.165, 1.54) is 69.9 Å². The lowest BCUT2D eigenvalue weighted by Gasteiger charge is -2.26. The molecule has 4 heteroatoms. The second-order valence-electron chi connectivity index (χ2n) is 9.12. The fourth-order valence-corrected chi connectivity index (χ4v) is 4.95. The summed E-state index contributed by atoms with van der Waals surface area (Å²) in [6.07, 6.45) is 16.3. The number of nitrogens with one attached hydrogen (secondary N) is 1. The summed E-state index contributed by atoms with van der Waals surface area (Å²) in [5.74, 6) is 1.02. The summed E-state index contributed by atoms with van der Waals surface area (Å²) >= 11 is 0. The predicted molar refractivity (Wildman–Crippen MR) is 133 cm³/mol. The van der Waals surface area contributed by atoms with E-state index in [0.717, 1.165) is 36.3 Å². The van der Waals surface area contributed by atoms with Gasteiger partial charge < -0.3 is 10.2 Å². The van der Waals surface area contributed by atoms with E-state index >= 15 is 0 Å². The van der Waals surface area contributed by atoms with E-state index in [1.54, 1.807) is 0 Å². The Morgan fingerprint density at radius 2 is 1.58 bits per heavy atom. The van der Waals surface area contributed by atoms with Crippen LogP contribution in [0.3, 0.4) is 0 Å². The predicted octanol–water partition coefficient (Wildman–Crippen LogP) is 6.16. The SMILES string of the molecule is CCN(CC)c1ccc(/C=C(\C=O)C/C(=N\C2CCCCC2)NC2CCCCC2)cc1. The van der Waals surface area contributed by atoms with Gasteiger partial charge in [0.1, 0.15) is 12.1 Å². The molecule has 1 aromatic carbocycles. The van der Waals surface area contributed by atoms with Gasteiger partial charge in [0, 0.05) is 31.2 Å². The molecule has 2 aliphatic rings. The van der Waals surface area contributed by atoms with Gasteiger partial charge in [-0.15, -0.1) is 0 Å². The van der Waals surface area contributed by atoms with Gasteiger partial charge >= 0.3 is 0 Å². The molecule has 0 bridgehead atoms. The van der Waals surface area contributed by atoms with E-state index < -0.39 is 0 Å². The highest BCUT2D eigenvalue weighted by Crippen LogP contribution is 2.23. The first-order chi connectivity index (χ1) is 15.2. The molecule has 2 saturated carbocycles. The molecule has 0 atom stereocenters. The van der Waals surface area contributed by atoms with Crippen LogP contribution in [0.2, 0.25) is 0 Å². The Balaban J connectivity index is 1.73. The monoisotopic (exact) mass is 423 g/mol. The molecule has 31 heavy (non-hydrogen) atoms. The molecule has 0 amide bonds. The van der Waals surface area contributed by atoms with Gasteiger partial charge in [-0.25, -0.2) is 0 Å². The number of hydrogen-bond donors (Lipinski definition) is 1. The minimum atomic E-state index is 0.418. The van der Waals surface area contributed by atoms with Crippen molar-refractivity contribution < 1.29 is 4.79 Å². The minimum absolute atomic E-state index is 0.418. The van der Waals surface area contributed by atoms with Crippen LogP contribution in [0.5, 0.6) is 0 Å². The third-order valence-corrected chi connectivity index (χ3v) is 6.79. The fraction of sp³-hybridized carbons (Fsp3) is 0.630. The Morgan fingerprint density at radius 3 is 2.16 bits per heavy atom. The highest BCUT2D eigenvalue weighted by atomic mass is 16.1. The molecule has 0 saturated heterocycles. The zero-order valence-electron chi connectivity index (χ0n) is 19.6. The lowest BCUT2D eigenvalue weighted by Crippen LogP contribution is -2.37. The number of hydrogen-bond acceptors (Lipinski definition) is 3. The Labute approximate surface area is 189 Å². The van der Waals surface area contributed by atoms with Gasteiger partial charge in [-0.3, -0.25) is 9.79 Å². The smallest absolute Gasteiger partial charge is 0.146 e. The second-order valence-corrected chi connectivity index (χ2v) is 9.12. The zero-order chi connectivity index (χ0) is 21.9. The molecule has 170 valence electrons. The van der Waals surface area contributed by atoms with E-state index in [0.29, 0.717) is 18.5 Å². The summed E-state index contributed by atoms with van der Waals surface area (Å²) in [5, 5.41) is 3.74. The standard InChI is InChI=1S/C27H41N3O/c1-3-30(4-2)26-17-15-22(16-18-26)19-23(21-31)20-27(28-24-11-7-5-8-12-24)29-25-13-9-6-10-14-25/h15-19,21,24-25H,3-14,20H2,1-2H3,(H,28,29)/b23-19-. The van der Waals surface area contributed by atoms with Crippen molar-refractivity contribution in [3.63, 3.8) is 0 Å². The second kappa shape index (κ2) is 12.7. The largest absolute Gasteiger partial charge is 0.372 e. The van der Waals surface area contributed by atoms with Gasteiger partial charge in [0.2, 0.25) is 0 Å². The molecule has 2 aliphatic carbocycles. The quantitative estimate of drug-likeness (QED) is 0.224. The average molecular weight is 424 g/mol. The van der Waals surface area contributed by atoms with E-state index in [2.05, 4.69) is 48.3 Å². The molecule has 0 spiro atoms. The van der Waals surface area contributed by atoms with Gasteiger partial charge in [0.25, 0.3) is 0 Å². The summed E-state index contributed by atoms with van der Waals surface area (Å²) in [6.45, 7) is 6.35. The number of aliphatic imine (C=N–C) groups is 1. The summed E-state index contributed by atoms with van der Waals surface area (Å²) < 4.78 is 0. The maximum absolute atomic E-state index is 11.9. The number of nitrogens with zero attached hydrogens (tertiary/aromatic N) is 2. The third kappa shape index (κ3) is 7.52. The molecular weight excluding hydrogens is 382 g/mol. The van der Waals surface area contributed by atoms with Crippen LogP contribution in [0.25, 0.3) is 6.08 Å². The normalized spacial score (nSPS) is 19.3. The maximum Gasteiger partial charge on any atom is 0.146 e. The van der Waals surface area contributed by atoms with Crippen molar-refractivity contribution >= 4 is 23.9 Å². The summed E-state index contributed by atoms with van der Waals surface area (Å²) in [4.78, 5) is 19.4. The summed E-state index contributed by atoms with van der Waals surface area (Å²) in [5.41, 5.74) is 3.11. The number of carbonyl (C=O) groups is 1. The lowest BCUT2D eigenvalue weighted by atomic mass is 9.94. The molecule has 4 nitrogen and oxygen atoms in total. The van der Waals surface area contributed by atoms with Crippen LogP contribution in [-0.4, -0.2) is 37.3 Å². The van der Waals surface area contributed by atoms with Crippen LogP contribution in [0, 0.1) is 0 Å². The summed E-state index contributed by atoms with van der Waals surface area (Å²) in [6, 6.07) is 9.46. The first-order valence-corrected chi connectivity index (χ1v) is 12.6. The lowest BCUT2D eigenvalue weighted by molar-refractivity contribution is -0.104. The van der Waals surface area contributed by atoms with Crippen LogP contribution in [-0.2, 0) is 4.79 Å². The van der Waals surface area contributed by atoms with Crippen LogP contribution in [0.4, 0.5) is 5.69 Å². The third-order valence-electron chi connectivity index (χ3n) is 6.79. The van der Waals surface area contributed by atoms with Crippen molar-refractivity contribution in [1.82, 2.24) is 5.32 Å². The molecule has 1 aromatic rings. The van der Waals surface area contributed by atoms with Crippen molar-refractivity contribution in [3.05, 3.63) is 35.4 Å². The van der Waals surface area contributed by atoms with Gasteiger partial charge in [-0.2, -0.15) is 0 Å². The highest BCUT2D eigenvalue weighted by molar-refractivity contribution is 5.94. The average Bonchev–Trinajstić information content (AvgIpc) is 2.81. The Bertz CT molecular complexity index is 721. The van der Waals surface area contributed by atoms with E-state index in [-0.39, 0.29) is 0 Å². The molecule has 0 radical (unpaired) electrons. The van der Waals surface area contributed by atoms with Crippen LogP contribution < -0.4 is 10.2 Å². The number of aldehydes is 1. The number of benzene rings is 1. The van der Waals surface area contributed by atoms with Crippen molar-refractivity contribution in [1.29, 1.82) is 0 Å². The van der Waals surface area contributed by atoms with Crippen LogP contribution in [0.1, 0.15) is 90.0 Å². The first kappa shape index (κ1) is 23.6. The molecule has 0 unspecified atom stereocenters. The van der Waals surface area contributed by atoms with Crippen LogP contribution in [0.15, 0.2) is 34.8 Å². The van der Waals surface area contributed by atoms with Crippen LogP contribution >= 0.6 is 0 Å². The maximum atomic E-state index is 11.9. The summed E-state index contributed by atoms with van der Waals surface area (Å²) in [7, 11) is 0. The molecule has 0 aromatic heterocycles. The Hall–Kier alpha value is -2.10. The molecule has 2 fully saturated rings. The minimum Gasteiger partial charge on any atom is -0.372 e. The topological polar surface area (TPSA) is 44.7 Å². The van der Waals surface area contributed by atoms with Crippen molar-refractivity contribution in [2.75, 3.05) is 18.0 Å². The molecule has 0 heterocycles. The zero-order valence-corrected chi connectivity index (χ0v) is 19.6. The first-order valence-electron chi connectivity index (χ1n) is 12.6. The van der Waals surface area contributed by atoms with Crippen molar-refractivity contribution in [3.8, 4) is 0 Å². The van der Waals surface area contributed by atoms with Gasteiger partial charge in [-0.05, 0) is 68.9 Å². The van der Waals surface area contributed by atoms with E-state index in [1.807, 2.05) is 6.08 Å². The molecule has 1 N–H and O–H groups in total. The number of rotatable bonds is 9. The Kier molecular flexibility index (Phi) is 9.64. The Morgan fingerprint density at radius 1 is 0.968 bits per heavy atom. The highest BCUT2D eigenvalue weighted by Gasteiger charge is 2.18. The van der Waals surface area contributed by atoms with Gasteiger partial charge in [-0.1, -0.05) is 50.7 Å². The van der Waals surface area contributed by atoms with Gasteiger partial charge in [0.15, 0.2) is 0 Å². The van der Waals surface area contributed by atoms with E-state index in [4.69, 9.17) is 4.99 Å². The van der Waals surface area contributed by atoms with E-state index in [9.17, 15) is 4.79 Å². The molecular formula is C27H41N3O. The fourth-order valence-electron chi connectivity index (χ4n) is 4.95. The molecule has 3 rings (SSSR count). The number of amidine groups is 1. The molecule has 0 aliphatic heterocycles. The number of anilines is 1. The van der Waals surface area contributed by atoms with Crippen molar-refractivity contribution in [2.24, 2.45) is 4.99 Å².